The molecule has 1 aliphatic rings. The molecular weight excluding hydrogens is 556 g/mol. The number of amides is 1. The number of nitrogens with two attached hydrogens (primary N) is 1. The molecule has 1 aliphatic carbocycles. The molecule has 3 N–H and O–H groups in total. The monoisotopic (exact) mass is 590 g/mol. The van der Waals surface area contributed by atoms with Gasteiger partial charge in [0.15, 0.2) is 22.4 Å². The van der Waals surface area contributed by atoms with Crippen molar-refractivity contribution in [3.8, 4) is 34.2 Å². The molecule has 0 unspecified atom stereocenters. The molecule has 0 spiro atoms. The number of methoxy groups -OCH3 is 3. The van der Waals surface area contributed by atoms with Gasteiger partial charge < -0.3 is 25.3 Å². The highest BCUT2D eigenvalue weighted by atomic mass is 32.1. The van der Waals surface area contributed by atoms with Crippen LogP contribution in [0.5, 0.6) is 17.2 Å². The van der Waals surface area contributed by atoms with Crippen molar-refractivity contribution in [2.24, 2.45) is 11.7 Å². The van der Waals surface area contributed by atoms with Crippen LogP contribution >= 0.6 is 11.3 Å². The van der Waals surface area contributed by atoms with E-state index in [1.54, 1.807) is 24.3 Å². The lowest BCUT2D eigenvalue weighted by Crippen LogP contribution is -2.37. The first-order valence-electron chi connectivity index (χ1n) is 13.8. The van der Waals surface area contributed by atoms with Gasteiger partial charge in [0.05, 0.1) is 38.8 Å². The van der Waals surface area contributed by atoms with E-state index in [4.69, 9.17) is 19.9 Å². The number of aromatic nitrogens is 4. The zero-order chi connectivity index (χ0) is 29.6. The van der Waals surface area contributed by atoms with E-state index in [0.717, 1.165) is 18.4 Å². The first kappa shape index (κ1) is 29.2. The van der Waals surface area contributed by atoms with Crippen molar-refractivity contribution in [1.29, 1.82) is 0 Å². The first-order chi connectivity index (χ1) is 20.4. The second-order valence-electron chi connectivity index (χ2n) is 10.2. The van der Waals surface area contributed by atoms with Crippen molar-refractivity contribution in [2.75, 3.05) is 26.6 Å². The number of benzene rings is 2. The summed E-state index contributed by atoms with van der Waals surface area (Å²) in [7, 11) is 4.50. The Bertz CT molecular complexity index is 1520. The third-order valence-electron chi connectivity index (χ3n) is 7.51. The number of carbonyl (C=O) groups excluding carboxylic acids is 2. The minimum Gasteiger partial charge on any atom is -0.493 e. The molecule has 42 heavy (non-hydrogen) atoms. The standard InChI is InChI=1S/C30H34N6O5S/c1-39-25-13-20(14-26(40-2)28(25)41-3)27(37)21-10-9-19(12-24(21)36-17-32-16-33-36)23-15-42-30(34-23)35-29(38)22(31)11-18-7-5-4-6-8-18/h9-10,12-18,22H,4-8,11,31H2,1-3H3,(H,34,35,38)/t22-/m0/s1. The summed E-state index contributed by atoms with van der Waals surface area (Å²) in [5.41, 5.74) is 8.86. The fourth-order valence-corrected chi connectivity index (χ4v) is 6.05. The summed E-state index contributed by atoms with van der Waals surface area (Å²) in [6.45, 7) is 0. The van der Waals surface area contributed by atoms with Crippen LogP contribution in [0.4, 0.5) is 5.13 Å². The highest BCUT2D eigenvalue weighted by molar-refractivity contribution is 7.14. The van der Waals surface area contributed by atoms with Gasteiger partial charge in [0.2, 0.25) is 11.7 Å². The fourth-order valence-electron chi connectivity index (χ4n) is 5.32. The fraction of sp³-hybridized carbons (Fsp3) is 0.367. The van der Waals surface area contributed by atoms with Gasteiger partial charge in [-0.05, 0) is 36.6 Å². The van der Waals surface area contributed by atoms with E-state index < -0.39 is 6.04 Å². The predicted molar refractivity (Wildman–Crippen MR) is 160 cm³/mol. The normalized spacial score (nSPS) is 14.3. The Balaban J connectivity index is 1.40. The maximum absolute atomic E-state index is 13.8. The van der Waals surface area contributed by atoms with E-state index in [2.05, 4.69) is 20.4 Å². The Morgan fingerprint density at radius 2 is 1.81 bits per heavy atom. The first-order valence-corrected chi connectivity index (χ1v) is 14.7. The minimum absolute atomic E-state index is 0.226. The number of nitrogens with zero attached hydrogens (tertiary/aromatic N) is 4. The van der Waals surface area contributed by atoms with E-state index in [1.807, 2.05) is 11.4 Å². The van der Waals surface area contributed by atoms with Crippen molar-refractivity contribution in [3.63, 3.8) is 0 Å². The molecule has 1 saturated carbocycles. The second kappa shape index (κ2) is 13.1. The minimum atomic E-state index is -0.570. The molecular formula is C30H34N6O5S. The summed E-state index contributed by atoms with van der Waals surface area (Å²) in [5, 5.41) is 9.45. The van der Waals surface area contributed by atoms with Gasteiger partial charge >= 0.3 is 0 Å². The van der Waals surface area contributed by atoms with Crippen molar-refractivity contribution in [2.45, 2.75) is 44.6 Å². The number of nitrogens with one attached hydrogen (secondary N) is 1. The zero-order valence-corrected chi connectivity index (χ0v) is 24.6. The van der Waals surface area contributed by atoms with Crippen LogP contribution < -0.4 is 25.3 Å². The largest absolute Gasteiger partial charge is 0.493 e. The molecule has 0 bridgehead atoms. The molecule has 220 valence electrons. The summed E-state index contributed by atoms with van der Waals surface area (Å²) >= 11 is 1.32. The van der Waals surface area contributed by atoms with E-state index in [0.29, 0.717) is 57.2 Å². The van der Waals surface area contributed by atoms with Crippen molar-refractivity contribution < 1.29 is 23.8 Å². The maximum Gasteiger partial charge on any atom is 0.243 e. The summed E-state index contributed by atoms with van der Waals surface area (Å²) < 4.78 is 17.8. The molecule has 11 nitrogen and oxygen atoms in total. The Labute approximate surface area is 248 Å². The van der Waals surface area contributed by atoms with Crippen molar-refractivity contribution in [1.82, 2.24) is 19.7 Å². The van der Waals surface area contributed by atoms with E-state index in [1.165, 1.54) is 69.3 Å². The number of thiazole rings is 1. The van der Waals surface area contributed by atoms with Crippen LogP contribution in [0.15, 0.2) is 48.4 Å². The summed E-state index contributed by atoms with van der Waals surface area (Å²) in [4.78, 5) is 35.2. The number of ether oxygens (including phenoxy) is 3. The van der Waals surface area contributed by atoms with Crippen LogP contribution in [0.2, 0.25) is 0 Å². The smallest absolute Gasteiger partial charge is 0.243 e. The van der Waals surface area contributed by atoms with E-state index >= 15 is 0 Å². The van der Waals surface area contributed by atoms with Gasteiger partial charge in [-0.2, -0.15) is 5.10 Å². The second-order valence-corrected chi connectivity index (χ2v) is 11.0. The number of rotatable bonds is 11. The summed E-state index contributed by atoms with van der Waals surface area (Å²) in [6, 6.07) is 7.99. The van der Waals surface area contributed by atoms with Gasteiger partial charge in [-0.25, -0.2) is 14.6 Å². The third-order valence-corrected chi connectivity index (χ3v) is 8.27. The van der Waals surface area contributed by atoms with Crippen LogP contribution in [0.25, 0.3) is 16.9 Å². The Morgan fingerprint density at radius 1 is 1.07 bits per heavy atom. The summed E-state index contributed by atoms with van der Waals surface area (Å²) in [5.74, 6) is 1.14. The molecule has 0 saturated heterocycles. The summed E-state index contributed by atoms with van der Waals surface area (Å²) in [6.07, 6.45) is 9.55. The number of ketones is 1. The third kappa shape index (κ3) is 6.29. The predicted octanol–water partition coefficient (Wildman–Crippen LogP) is 4.88. The number of hydrogen-bond acceptors (Lipinski definition) is 10. The van der Waals surface area contributed by atoms with E-state index in [9.17, 15) is 9.59 Å². The van der Waals surface area contributed by atoms with E-state index in [-0.39, 0.29) is 11.7 Å². The quantitative estimate of drug-likeness (QED) is 0.234. The van der Waals surface area contributed by atoms with Crippen LogP contribution in [-0.2, 0) is 4.79 Å². The molecule has 2 aromatic heterocycles. The lowest BCUT2D eigenvalue weighted by molar-refractivity contribution is -0.117. The highest BCUT2D eigenvalue weighted by Crippen LogP contribution is 2.39. The topological polar surface area (TPSA) is 143 Å². The lowest BCUT2D eigenvalue weighted by atomic mass is 9.85. The Morgan fingerprint density at radius 3 is 2.45 bits per heavy atom. The van der Waals surface area contributed by atoms with Gasteiger partial charge in [0.1, 0.15) is 12.7 Å². The SMILES string of the molecule is COc1cc(C(=O)c2ccc(-c3csc(NC(=O)[C@@H](N)CC4CCCCC4)n3)cc2-n2cncn2)cc(OC)c1OC. The van der Waals surface area contributed by atoms with Gasteiger partial charge in [0.25, 0.3) is 0 Å². The molecule has 2 heterocycles. The van der Waals surface area contributed by atoms with Crippen molar-refractivity contribution >= 4 is 28.2 Å². The van der Waals surface area contributed by atoms with Crippen LogP contribution in [0.1, 0.15) is 54.4 Å². The van der Waals surface area contributed by atoms with Gasteiger partial charge in [-0.1, -0.05) is 38.2 Å². The molecule has 1 fully saturated rings. The Hall–Kier alpha value is -4.29. The number of hydrogen-bond donors (Lipinski definition) is 2. The van der Waals surface area contributed by atoms with Gasteiger partial charge in [-0.15, -0.1) is 11.3 Å². The highest BCUT2D eigenvalue weighted by Gasteiger charge is 2.24. The lowest BCUT2D eigenvalue weighted by Gasteiger charge is -2.23. The van der Waals surface area contributed by atoms with Crippen LogP contribution in [-0.4, -0.2) is 58.8 Å². The van der Waals surface area contributed by atoms with Gasteiger partial charge in [0, 0.05) is 22.1 Å². The molecule has 1 amide bonds. The Kier molecular flexibility index (Phi) is 9.13. The average molecular weight is 591 g/mol. The molecule has 12 heteroatoms. The van der Waals surface area contributed by atoms with Gasteiger partial charge in [-0.3, -0.25) is 9.59 Å². The van der Waals surface area contributed by atoms with Crippen LogP contribution in [0.3, 0.4) is 0 Å². The van der Waals surface area contributed by atoms with Crippen molar-refractivity contribution in [3.05, 3.63) is 59.5 Å². The maximum atomic E-state index is 13.8. The number of anilines is 1. The molecule has 5 rings (SSSR count). The average Bonchev–Trinajstić information content (AvgIpc) is 3.73. The molecule has 2 aromatic carbocycles. The number of carbonyl (C=O) groups is 2. The molecule has 0 aliphatic heterocycles. The molecule has 1 atom stereocenters. The molecule has 4 aromatic rings. The zero-order valence-electron chi connectivity index (χ0n) is 23.8. The molecule has 0 radical (unpaired) electrons. The van der Waals surface area contributed by atoms with Crippen LogP contribution in [0, 0.1) is 5.92 Å².